The predicted molar refractivity (Wildman–Crippen MR) is 84.6 cm³/mol. The van der Waals surface area contributed by atoms with Crippen LogP contribution in [0.4, 0.5) is 0 Å². The number of nitrogens with zero attached hydrogens (tertiary/aromatic N) is 1. The van der Waals surface area contributed by atoms with Crippen molar-refractivity contribution < 1.29 is 26.7 Å². The number of ether oxygens (including phenoxy) is 1. The zero-order valence-corrected chi connectivity index (χ0v) is 16.3. The van der Waals surface area contributed by atoms with E-state index in [0.29, 0.717) is 17.9 Å². The SMILES string of the molecule is CCN(C)S(=O)(=O)c1ccc(OC(C)C)c([CH]=[Ru]([Cl])[Cl])c1. The zero-order valence-electron chi connectivity index (χ0n) is 12.3. The minimum atomic E-state index is -3.51. The number of hydrogen-bond acceptors (Lipinski definition) is 3. The molecule has 0 aliphatic rings. The topological polar surface area (TPSA) is 46.6 Å². The van der Waals surface area contributed by atoms with Crippen molar-refractivity contribution in [2.75, 3.05) is 13.6 Å². The molecule has 4 nitrogen and oxygen atoms in total. The fourth-order valence-electron chi connectivity index (χ4n) is 1.56. The molecule has 0 saturated carbocycles. The van der Waals surface area contributed by atoms with E-state index >= 15 is 0 Å². The molecule has 0 aromatic heterocycles. The van der Waals surface area contributed by atoms with Crippen LogP contribution in [0.15, 0.2) is 23.1 Å². The Morgan fingerprint density at radius 2 is 2.00 bits per heavy atom. The normalized spacial score (nSPS) is 12.7. The first-order valence-electron chi connectivity index (χ1n) is 6.28. The first-order chi connectivity index (χ1) is 9.68. The second kappa shape index (κ2) is 8.02. The molecule has 0 amide bonds. The van der Waals surface area contributed by atoms with Crippen molar-refractivity contribution in [3.05, 3.63) is 23.8 Å². The molecule has 0 aliphatic carbocycles. The Hall–Kier alpha value is 0.00338. The van der Waals surface area contributed by atoms with Gasteiger partial charge in [0.15, 0.2) is 0 Å². The van der Waals surface area contributed by atoms with E-state index in [1.54, 1.807) is 23.7 Å². The van der Waals surface area contributed by atoms with Gasteiger partial charge in [0.05, 0.1) is 0 Å². The average molecular weight is 441 g/mol. The van der Waals surface area contributed by atoms with Crippen molar-refractivity contribution in [2.45, 2.75) is 31.8 Å². The van der Waals surface area contributed by atoms with E-state index in [1.165, 1.54) is 17.4 Å². The molecule has 0 fully saturated rings. The summed E-state index contributed by atoms with van der Waals surface area (Å²) >= 11 is -2.09. The maximum atomic E-state index is 12.4. The molecule has 21 heavy (non-hydrogen) atoms. The molecule has 0 heterocycles. The third-order valence-corrected chi connectivity index (χ3v) is 6.45. The van der Waals surface area contributed by atoms with Crippen molar-refractivity contribution in [3.8, 4) is 5.75 Å². The van der Waals surface area contributed by atoms with Gasteiger partial charge in [0, 0.05) is 0 Å². The van der Waals surface area contributed by atoms with E-state index in [4.69, 9.17) is 24.1 Å². The molecule has 0 saturated heterocycles. The minimum absolute atomic E-state index is 0.0239. The molecule has 0 radical (unpaired) electrons. The van der Waals surface area contributed by atoms with E-state index in [9.17, 15) is 8.42 Å². The van der Waals surface area contributed by atoms with Gasteiger partial charge in [-0.2, -0.15) is 0 Å². The van der Waals surface area contributed by atoms with E-state index in [2.05, 4.69) is 0 Å². The molecule has 0 unspecified atom stereocenters. The summed E-state index contributed by atoms with van der Waals surface area (Å²) in [5.74, 6) is 0.586. The van der Waals surface area contributed by atoms with Gasteiger partial charge in [-0.3, -0.25) is 0 Å². The average Bonchev–Trinajstić information content (AvgIpc) is 2.38. The standard InChI is InChI=1S/C13H19NO3S.2ClH.Ru/c1-6-14(5)18(15,16)12-7-8-13(11(4)9-12)17-10(2)3;;;/h4,7-10H,6H2,1-3,5H3;2*1H;/q;;;+2/p-2. The van der Waals surface area contributed by atoms with Crippen LogP contribution in [0.3, 0.4) is 0 Å². The summed E-state index contributed by atoms with van der Waals surface area (Å²) in [6.07, 6.45) is -0.0239. The van der Waals surface area contributed by atoms with Crippen molar-refractivity contribution in [2.24, 2.45) is 0 Å². The molecule has 0 atom stereocenters. The second-order valence-electron chi connectivity index (χ2n) is 4.59. The Morgan fingerprint density at radius 1 is 1.38 bits per heavy atom. The van der Waals surface area contributed by atoms with Gasteiger partial charge in [-0.1, -0.05) is 0 Å². The van der Waals surface area contributed by atoms with Gasteiger partial charge in [-0.25, -0.2) is 0 Å². The van der Waals surface area contributed by atoms with Crippen molar-refractivity contribution >= 4 is 34.0 Å². The quantitative estimate of drug-likeness (QED) is 0.638. The van der Waals surface area contributed by atoms with Crippen LogP contribution >= 0.6 is 19.4 Å². The van der Waals surface area contributed by atoms with Gasteiger partial charge in [-0.15, -0.1) is 0 Å². The van der Waals surface area contributed by atoms with E-state index in [1.807, 2.05) is 13.8 Å². The van der Waals surface area contributed by atoms with Crippen LogP contribution in [0.5, 0.6) is 5.75 Å². The number of rotatable bonds is 6. The third-order valence-electron chi connectivity index (χ3n) is 2.68. The van der Waals surface area contributed by atoms with Crippen LogP contribution in [0.1, 0.15) is 26.3 Å². The number of sulfonamides is 1. The van der Waals surface area contributed by atoms with Crippen LogP contribution in [0.2, 0.25) is 0 Å². The summed E-state index contributed by atoms with van der Waals surface area (Å²) in [6.45, 7) is 5.97. The molecular weight excluding hydrogens is 422 g/mol. The van der Waals surface area contributed by atoms with E-state index in [-0.39, 0.29) is 11.0 Å². The molecule has 1 rings (SSSR count). The summed E-state index contributed by atoms with van der Waals surface area (Å²) in [7, 11) is 9.86. The number of halogens is 2. The fourth-order valence-corrected chi connectivity index (χ4v) is 4.56. The number of benzene rings is 1. The molecule has 0 N–H and O–H groups in total. The zero-order chi connectivity index (χ0) is 16.2. The summed E-state index contributed by atoms with van der Waals surface area (Å²) in [4.78, 5) is 0.206. The summed E-state index contributed by atoms with van der Waals surface area (Å²) in [5, 5.41) is 0. The van der Waals surface area contributed by atoms with Crippen LogP contribution in [0.25, 0.3) is 0 Å². The second-order valence-corrected chi connectivity index (χ2v) is 12.4. The Bertz CT molecular complexity index is 628. The molecule has 1 aromatic carbocycles. The van der Waals surface area contributed by atoms with Gasteiger partial charge in [0.25, 0.3) is 0 Å². The molecule has 0 aliphatic heterocycles. The fraction of sp³-hybridized carbons (Fsp3) is 0.462. The van der Waals surface area contributed by atoms with Crippen molar-refractivity contribution in [3.63, 3.8) is 0 Å². The Balaban J connectivity index is 3.37. The van der Waals surface area contributed by atoms with Crippen LogP contribution in [-0.4, -0.2) is 37.0 Å². The van der Waals surface area contributed by atoms with Crippen LogP contribution in [0, 0.1) is 0 Å². The Labute approximate surface area is 139 Å². The van der Waals surface area contributed by atoms with Crippen LogP contribution < -0.4 is 4.74 Å². The summed E-state index contributed by atoms with van der Waals surface area (Å²) < 4.78 is 33.3. The molecule has 122 valence electrons. The van der Waals surface area contributed by atoms with Gasteiger partial charge in [0.1, 0.15) is 0 Å². The molecule has 0 spiro atoms. The molecule has 1 aromatic rings. The molecule has 8 heteroatoms. The van der Waals surface area contributed by atoms with Crippen molar-refractivity contribution in [1.29, 1.82) is 0 Å². The number of hydrogen-bond donors (Lipinski definition) is 0. The predicted octanol–water partition coefficient (Wildman–Crippen LogP) is 3.19. The molecular formula is C13H19Cl2NO3RuS. The summed E-state index contributed by atoms with van der Waals surface area (Å²) in [5.41, 5.74) is 0.623. The van der Waals surface area contributed by atoms with E-state index in [0.717, 1.165) is 0 Å². The Kier molecular flexibility index (Phi) is 7.28. The van der Waals surface area contributed by atoms with Crippen LogP contribution in [-0.2, 0) is 23.5 Å². The van der Waals surface area contributed by atoms with Gasteiger partial charge >= 0.3 is 140 Å². The van der Waals surface area contributed by atoms with Crippen molar-refractivity contribution in [1.82, 2.24) is 4.31 Å². The van der Waals surface area contributed by atoms with E-state index < -0.39 is 23.5 Å². The van der Waals surface area contributed by atoms with Gasteiger partial charge < -0.3 is 0 Å². The molecule has 0 bridgehead atoms. The Morgan fingerprint density at radius 3 is 2.48 bits per heavy atom. The maximum absolute atomic E-state index is 12.4. The van der Waals surface area contributed by atoms with Gasteiger partial charge in [0.2, 0.25) is 0 Å². The first kappa shape index (κ1) is 19.1. The summed E-state index contributed by atoms with van der Waals surface area (Å²) in [6, 6.07) is 4.74. The monoisotopic (exact) mass is 441 g/mol. The third kappa shape index (κ3) is 5.29. The first-order valence-corrected chi connectivity index (χ1v) is 13.2. The van der Waals surface area contributed by atoms with Gasteiger partial charge in [-0.05, 0) is 0 Å².